The quantitative estimate of drug-likeness (QED) is 0.520. The second-order valence-electron chi connectivity index (χ2n) is 5.90. The highest BCUT2D eigenvalue weighted by Gasteiger charge is 2.19. The number of anilines is 1. The second kappa shape index (κ2) is 8.05. The van der Waals surface area contributed by atoms with Gasteiger partial charge in [-0.2, -0.15) is 4.68 Å². The van der Waals surface area contributed by atoms with E-state index in [0.717, 1.165) is 27.6 Å². The van der Waals surface area contributed by atoms with Crippen LogP contribution < -0.4 is 16.7 Å². The van der Waals surface area contributed by atoms with Gasteiger partial charge < -0.3 is 11.2 Å². The van der Waals surface area contributed by atoms with E-state index in [1.165, 1.54) is 6.92 Å². The van der Waals surface area contributed by atoms with Crippen LogP contribution in [0.2, 0.25) is 0 Å². The summed E-state index contributed by atoms with van der Waals surface area (Å²) in [5.74, 6) is 5.51. The molecule has 0 radical (unpaired) electrons. The minimum absolute atomic E-state index is 0.185. The van der Waals surface area contributed by atoms with Crippen molar-refractivity contribution in [3.63, 3.8) is 0 Å². The van der Waals surface area contributed by atoms with Gasteiger partial charge in [0.15, 0.2) is 0 Å². The van der Waals surface area contributed by atoms with Gasteiger partial charge in [0, 0.05) is 11.3 Å². The maximum absolute atomic E-state index is 12.7. The molecule has 0 aliphatic rings. The number of amides is 1. The number of hydrogen-bond donors (Lipinski definition) is 2. The fourth-order valence-corrected chi connectivity index (χ4v) is 3.22. The van der Waals surface area contributed by atoms with E-state index in [2.05, 4.69) is 15.5 Å². The van der Waals surface area contributed by atoms with Crippen molar-refractivity contribution in [3.05, 3.63) is 70.6 Å². The van der Waals surface area contributed by atoms with Gasteiger partial charge in [0.25, 0.3) is 5.56 Å². The Hall–Kier alpha value is -3.13. The fourth-order valence-electron chi connectivity index (χ4n) is 2.46. The van der Waals surface area contributed by atoms with E-state index in [0.29, 0.717) is 5.69 Å². The molecular formula is C19H19N5O2S. The van der Waals surface area contributed by atoms with Crippen LogP contribution >= 0.6 is 11.8 Å². The van der Waals surface area contributed by atoms with Crippen LogP contribution in [0.15, 0.2) is 64.5 Å². The van der Waals surface area contributed by atoms with E-state index in [4.69, 9.17) is 5.84 Å². The molecule has 27 heavy (non-hydrogen) atoms. The van der Waals surface area contributed by atoms with Gasteiger partial charge in [0.05, 0.1) is 5.25 Å². The molecule has 1 atom stereocenters. The molecule has 138 valence electrons. The number of benzene rings is 2. The number of nitrogen functional groups attached to an aromatic ring is 1. The van der Waals surface area contributed by atoms with Crippen molar-refractivity contribution in [2.75, 3.05) is 11.2 Å². The van der Waals surface area contributed by atoms with E-state index in [9.17, 15) is 9.59 Å². The molecule has 0 spiro atoms. The minimum Gasteiger partial charge on any atom is -0.334 e. The third-order valence-electron chi connectivity index (χ3n) is 3.94. The van der Waals surface area contributed by atoms with Gasteiger partial charge in [-0.15, -0.1) is 10.2 Å². The highest BCUT2D eigenvalue weighted by molar-refractivity contribution is 8.00. The maximum atomic E-state index is 12.7. The topological polar surface area (TPSA) is 103 Å². The molecule has 3 aromatic rings. The minimum atomic E-state index is -0.528. The first-order valence-electron chi connectivity index (χ1n) is 8.30. The van der Waals surface area contributed by atoms with E-state index in [1.807, 2.05) is 54.6 Å². The van der Waals surface area contributed by atoms with Gasteiger partial charge in [0.1, 0.15) is 5.69 Å². The molecule has 0 fully saturated rings. The van der Waals surface area contributed by atoms with Gasteiger partial charge in [-0.1, -0.05) is 60.3 Å². The summed E-state index contributed by atoms with van der Waals surface area (Å²) in [6, 6.07) is 17.4. The first-order chi connectivity index (χ1) is 13.0. The second-order valence-corrected chi connectivity index (χ2v) is 7.21. The van der Waals surface area contributed by atoms with Crippen LogP contribution in [-0.2, 0) is 4.79 Å². The molecule has 3 rings (SSSR count). The molecule has 0 unspecified atom stereocenters. The van der Waals surface area contributed by atoms with Crippen LogP contribution in [0.1, 0.15) is 12.6 Å². The van der Waals surface area contributed by atoms with Crippen molar-refractivity contribution in [2.24, 2.45) is 0 Å². The van der Waals surface area contributed by atoms with Gasteiger partial charge in [0.2, 0.25) is 11.1 Å². The molecule has 7 nitrogen and oxygen atoms in total. The van der Waals surface area contributed by atoms with E-state index >= 15 is 0 Å². The third kappa shape index (κ3) is 4.17. The van der Waals surface area contributed by atoms with Crippen LogP contribution in [-0.4, -0.2) is 26.0 Å². The summed E-state index contributed by atoms with van der Waals surface area (Å²) in [4.78, 5) is 24.5. The number of hydrogen-bond acceptors (Lipinski definition) is 6. The molecular weight excluding hydrogens is 362 g/mol. The molecule has 2 aromatic carbocycles. The highest BCUT2D eigenvalue weighted by Crippen LogP contribution is 2.28. The summed E-state index contributed by atoms with van der Waals surface area (Å²) in [7, 11) is 0. The predicted octanol–water partition coefficient (Wildman–Crippen LogP) is 2.45. The average Bonchev–Trinajstić information content (AvgIpc) is 2.69. The van der Waals surface area contributed by atoms with E-state index < -0.39 is 10.8 Å². The zero-order valence-electron chi connectivity index (χ0n) is 14.9. The van der Waals surface area contributed by atoms with Crippen molar-refractivity contribution < 1.29 is 4.79 Å². The molecule has 0 aliphatic heterocycles. The number of thioether (sulfide) groups is 1. The number of nitrogens with zero attached hydrogens (tertiary/aromatic N) is 3. The smallest absolute Gasteiger partial charge is 0.294 e. The lowest BCUT2D eigenvalue weighted by atomic mass is 10.0. The number of nitrogens with two attached hydrogens (primary N) is 1. The Bertz CT molecular complexity index is 1020. The number of carbonyl (C=O) groups is 1. The SMILES string of the molecule is Cc1nnc(S[C@H](C)C(=O)Nc2ccccc2-c2ccccc2)n(N)c1=O. The van der Waals surface area contributed by atoms with E-state index in [1.54, 1.807) is 6.92 Å². The molecule has 0 saturated carbocycles. The Morgan fingerprint density at radius 3 is 2.52 bits per heavy atom. The molecule has 3 N–H and O–H groups in total. The summed E-state index contributed by atoms with van der Waals surface area (Å²) in [6.07, 6.45) is 0. The predicted molar refractivity (Wildman–Crippen MR) is 107 cm³/mol. The Balaban J connectivity index is 1.78. The van der Waals surface area contributed by atoms with Gasteiger partial charge in [-0.05, 0) is 25.5 Å². The third-order valence-corrected chi connectivity index (χ3v) is 5.00. The van der Waals surface area contributed by atoms with Crippen molar-refractivity contribution >= 4 is 23.4 Å². The molecule has 0 aliphatic carbocycles. The summed E-state index contributed by atoms with van der Waals surface area (Å²) < 4.78 is 0.911. The lowest BCUT2D eigenvalue weighted by Gasteiger charge is -2.15. The number of nitrogens with one attached hydrogen (secondary N) is 1. The molecule has 1 heterocycles. The molecule has 8 heteroatoms. The average molecular weight is 381 g/mol. The van der Waals surface area contributed by atoms with Crippen molar-refractivity contribution in [1.29, 1.82) is 0 Å². The number of para-hydroxylation sites is 1. The summed E-state index contributed by atoms with van der Waals surface area (Å²) >= 11 is 1.07. The summed E-state index contributed by atoms with van der Waals surface area (Å²) in [5.41, 5.74) is 2.41. The first kappa shape index (κ1) is 18.7. The normalized spacial score (nSPS) is 11.8. The summed E-state index contributed by atoms with van der Waals surface area (Å²) in [5, 5.41) is 10.3. The number of aromatic nitrogens is 3. The van der Waals surface area contributed by atoms with Crippen LogP contribution in [0.25, 0.3) is 11.1 Å². The first-order valence-corrected chi connectivity index (χ1v) is 9.18. The Labute approximate surface area is 160 Å². The summed E-state index contributed by atoms with van der Waals surface area (Å²) in [6.45, 7) is 3.25. The fraction of sp³-hybridized carbons (Fsp3) is 0.158. The van der Waals surface area contributed by atoms with Crippen molar-refractivity contribution in [2.45, 2.75) is 24.3 Å². The van der Waals surface area contributed by atoms with Gasteiger partial charge >= 0.3 is 0 Å². The Kier molecular flexibility index (Phi) is 5.56. The number of rotatable bonds is 5. The zero-order chi connectivity index (χ0) is 19.4. The number of carbonyl (C=O) groups excluding carboxylic acids is 1. The molecule has 1 amide bonds. The standard InChI is InChI=1S/C19H19N5O2S/c1-12-18(26)24(20)19(23-22-12)27-13(2)17(25)21-16-11-7-6-10-15(16)14-8-4-3-5-9-14/h3-11,13H,20H2,1-2H3,(H,21,25)/t13-/m1/s1. The zero-order valence-corrected chi connectivity index (χ0v) is 15.7. The lowest BCUT2D eigenvalue weighted by Crippen LogP contribution is -2.33. The van der Waals surface area contributed by atoms with Crippen molar-refractivity contribution in [3.8, 4) is 11.1 Å². The Morgan fingerprint density at radius 2 is 1.78 bits per heavy atom. The Morgan fingerprint density at radius 1 is 1.11 bits per heavy atom. The number of aryl methyl sites for hydroxylation is 1. The van der Waals surface area contributed by atoms with Crippen molar-refractivity contribution in [1.82, 2.24) is 14.9 Å². The van der Waals surface area contributed by atoms with Crippen LogP contribution in [0, 0.1) is 6.92 Å². The van der Waals surface area contributed by atoms with Crippen LogP contribution in [0.3, 0.4) is 0 Å². The van der Waals surface area contributed by atoms with E-state index in [-0.39, 0.29) is 16.8 Å². The van der Waals surface area contributed by atoms with Crippen LogP contribution in [0.4, 0.5) is 5.69 Å². The molecule has 0 bridgehead atoms. The van der Waals surface area contributed by atoms with Gasteiger partial charge in [-0.3, -0.25) is 9.59 Å². The van der Waals surface area contributed by atoms with Crippen LogP contribution in [0.5, 0.6) is 0 Å². The highest BCUT2D eigenvalue weighted by atomic mass is 32.2. The largest absolute Gasteiger partial charge is 0.334 e. The lowest BCUT2D eigenvalue weighted by molar-refractivity contribution is -0.115. The van der Waals surface area contributed by atoms with Gasteiger partial charge in [-0.25, -0.2) is 0 Å². The maximum Gasteiger partial charge on any atom is 0.294 e. The molecule has 1 aromatic heterocycles. The monoisotopic (exact) mass is 381 g/mol. The molecule has 0 saturated heterocycles.